The number of hydrogen-bond acceptors (Lipinski definition) is 2. The first-order chi connectivity index (χ1) is 7.95. The predicted molar refractivity (Wildman–Crippen MR) is 74.0 cm³/mol. The van der Waals surface area contributed by atoms with E-state index < -0.39 is 6.04 Å². The molecule has 0 aliphatic carbocycles. The lowest BCUT2D eigenvalue weighted by molar-refractivity contribution is -0.120. The number of amides is 1. The van der Waals surface area contributed by atoms with Crippen molar-refractivity contribution in [3.05, 3.63) is 33.3 Å². The molecule has 3 nitrogen and oxygen atoms in total. The molecule has 0 saturated heterocycles. The Morgan fingerprint density at radius 3 is 2.71 bits per heavy atom. The third kappa shape index (κ3) is 3.98. The highest BCUT2D eigenvalue weighted by Crippen LogP contribution is 2.26. The summed E-state index contributed by atoms with van der Waals surface area (Å²) < 4.78 is 0.758. The Bertz CT molecular complexity index is 411. The number of benzene rings is 1. The van der Waals surface area contributed by atoms with E-state index >= 15 is 0 Å². The van der Waals surface area contributed by atoms with Gasteiger partial charge >= 0.3 is 0 Å². The minimum atomic E-state index is -0.487. The van der Waals surface area contributed by atoms with Crippen LogP contribution in [0.5, 0.6) is 0 Å². The van der Waals surface area contributed by atoms with E-state index in [0.29, 0.717) is 5.02 Å². The maximum atomic E-state index is 11.5. The molecule has 0 radical (unpaired) electrons. The molecule has 2 atom stereocenters. The van der Waals surface area contributed by atoms with E-state index in [1.54, 1.807) is 12.1 Å². The molecule has 17 heavy (non-hydrogen) atoms. The molecular formula is C12H16BrClN2O. The van der Waals surface area contributed by atoms with Gasteiger partial charge in [-0.3, -0.25) is 10.1 Å². The standard InChI is InChI=1S/C12H16BrClN2O/c1-3-7(2)16-11(12(15)17)8-4-5-10(14)9(13)6-8/h4-7,11,16H,3H2,1-2H3,(H2,15,17). The van der Waals surface area contributed by atoms with Crippen LogP contribution in [0.3, 0.4) is 0 Å². The van der Waals surface area contributed by atoms with E-state index in [1.165, 1.54) is 0 Å². The number of halogens is 2. The molecule has 0 spiro atoms. The van der Waals surface area contributed by atoms with Gasteiger partial charge in [0.05, 0.1) is 5.02 Å². The van der Waals surface area contributed by atoms with E-state index in [2.05, 4.69) is 21.2 Å². The van der Waals surface area contributed by atoms with E-state index in [4.69, 9.17) is 17.3 Å². The van der Waals surface area contributed by atoms with Gasteiger partial charge in [-0.2, -0.15) is 0 Å². The Labute approximate surface area is 115 Å². The Hall–Kier alpha value is -0.580. The van der Waals surface area contributed by atoms with Gasteiger partial charge in [0.15, 0.2) is 0 Å². The summed E-state index contributed by atoms with van der Waals surface area (Å²) in [6.45, 7) is 4.06. The van der Waals surface area contributed by atoms with Crippen molar-refractivity contribution in [2.24, 2.45) is 5.73 Å². The number of carbonyl (C=O) groups excluding carboxylic acids is 1. The smallest absolute Gasteiger partial charge is 0.239 e. The summed E-state index contributed by atoms with van der Waals surface area (Å²) in [6.07, 6.45) is 0.929. The summed E-state index contributed by atoms with van der Waals surface area (Å²) in [5.41, 5.74) is 6.22. The van der Waals surface area contributed by atoms with Gasteiger partial charge in [0.1, 0.15) is 6.04 Å². The zero-order chi connectivity index (χ0) is 13.0. The first-order valence-corrected chi connectivity index (χ1v) is 6.63. The topological polar surface area (TPSA) is 55.1 Å². The largest absolute Gasteiger partial charge is 0.368 e. The number of nitrogens with one attached hydrogen (secondary N) is 1. The van der Waals surface area contributed by atoms with Gasteiger partial charge in [0.25, 0.3) is 0 Å². The number of rotatable bonds is 5. The minimum Gasteiger partial charge on any atom is -0.368 e. The molecule has 2 unspecified atom stereocenters. The molecule has 0 heterocycles. The van der Waals surface area contributed by atoms with E-state index in [1.807, 2.05) is 19.9 Å². The normalized spacial score (nSPS) is 14.4. The Kier molecular flexibility index (Phi) is 5.43. The van der Waals surface area contributed by atoms with Gasteiger partial charge in [0.2, 0.25) is 5.91 Å². The summed E-state index contributed by atoms with van der Waals surface area (Å²) >= 11 is 9.25. The lowest BCUT2D eigenvalue weighted by Crippen LogP contribution is -2.38. The van der Waals surface area contributed by atoms with Crippen molar-refractivity contribution in [1.82, 2.24) is 5.32 Å². The SMILES string of the molecule is CCC(C)NC(C(N)=O)c1ccc(Cl)c(Br)c1. The molecule has 0 aliphatic rings. The van der Waals surface area contributed by atoms with Crippen LogP contribution in [-0.4, -0.2) is 11.9 Å². The predicted octanol–water partition coefficient (Wildman–Crippen LogP) is 3.02. The molecule has 1 amide bonds. The van der Waals surface area contributed by atoms with Crippen molar-refractivity contribution in [2.75, 3.05) is 0 Å². The third-order valence-corrected chi connectivity index (χ3v) is 3.84. The van der Waals surface area contributed by atoms with Gasteiger partial charge in [-0.05, 0) is 47.0 Å². The molecule has 5 heteroatoms. The second-order valence-electron chi connectivity index (χ2n) is 3.98. The molecule has 1 aromatic carbocycles. The van der Waals surface area contributed by atoms with E-state index in [0.717, 1.165) is 16.5 Å². The molecule has 0 fully saturated rings. The van der Waals surface area contributed by atoms with Crippen LogP contribution in [0.1, 0.15) is 31.9 Å². The average molecular weight is 320 g/mol. The molecule has 0 bridgehead atoms. The lowest BCUT2D eigenvalue weighted by atomic mass is 10.1. The minimum absolute atomic E-state index is 0.224. The van der Waals surface area contributed by atoms with Crippen LogP contribution in [0.25, 0.3) is 0 Å². The van der Waals surface area contributed by atoms with Crippen molar-refractivity contribution in [1.29, 1.82) is 0 Å². The van der Waals surface area contributed by atoms with Crippen LogP contribution in [0.4, 0.5) is 0 Å². The summed E-state index contributed by atoms with van der Waals surface area (Å²) in [5.74, 6) is -0.389. The maximum Gasteiger partial charge on any atom is 0.239 e. The highest BCUT2D eigenvalue weighted by molar-refractivity contribution is 9.10. The van der Waals surface area contributed by atoms with Crippen LogP contribution < -0.4 is 11.1 Å². The quantitative estimate of drug-likeness (QED) is 0.876. The van der Waals surface area contributed by atoms with Gasteiger partial charge < -0.3 is 5.73 Å². The Balaban J connectivity index is 2.97. The Morgan fingerprint density at radius 1 is 1.59 bits per heavy atom. The summed E-state index contributed by atoms with van der Waals surface area (Å²) in [4.78, 5) is 11.5. The maximum absolute atomic E-state index is 11.5. The monoisotopic (exact) mass is 318 g/mol. The third-order valence-electron chi connectivity index (χ3n) is 2.63. The fraction of sp³-hybridized carbons (Fsp3) is 0.417. The van der Waals surface area contributed by atoms with Crippen molar-refractivity contribution in [3.8, 4) is 0 Å². The second kappa shape index (κ2) is 6.38. The number of carbonyl (C=O) groups is 1. The van der Waals surface area contributed by atoms with Crippen LogP contribution in [0, 0.1) is 0 Å². The number of primary amides is 1. The van der Waals surface area contributed by atoms with Gasteiger partial charge in [-0.15, -0.1) is 0 Å². The van der Waals surface area contributed by atoms with Crippen molar-refractivity contribution >= 4 is 33.4 Å². The highest BCUT2D eigenvalue weighted by atomic mass is 79.9. The van der Waals surface area contributed by atoms with Crippen LogP contribution in [-0.2, 0) is 4.79 Å². The van der Waals surface area contributed by atoms with Crippen LogP contribution in [0.15, 0.2) is 22.7 Å². The van der Waals surface area contributed by atoms with E-state index in [9.17, 15) is 4.79 Å². The molecule has 0 aliphatic heterocycles. The fourth-order valence-electron chi connectivity index (χ4n) is 1.44. The van der Waals surface area contributed by atoms with Crippen LogP contribution >= 0.6 is 27.5 Å². The Morgan fingerprint density at radius 2 is 2.24 bits per heavy atom. The van der Waals surface area contributed by atoms with Gasteiger partial charge in [0, 0.05) is 10.5 Å². The first kappa shape index (κ1) is 14.5. The molecule has 94 valence electrons. The highest BCUT2D eigenvalue weighted by Gasteiger charge is 2.19. The van der Waals surface area contributed by atoms with Crippen molar-refractivity contribution < 1.29 is 4.79 Å². The van der Waals surface area contributed by atoms with Crippen molar-refractivity contribution in [2.45, 2.75) is 32.4 Å². The molecule has 1 rings (SSSR count). The summed E-state index contributed by atoms with van der Waals surface area (Å²) in [6, 6.07) is 5.10. The average Bonchev–Trinajstić information content (AvgIpc) is 2.29. The number of nitrogens with two attached hydrogens (primary N) is 1. The molecular weight excluding hydrogens is 304 g/mol. The lowest BCUT2D eigenvalue weighted by Gasteiger charge is -2.20. The molecule has 0 aromatic heterocycles. The molecule has 0 saturated carbocycles. The van der Waals surface area contributed by atoms with Crippen LogP contribution in [0.2, 0.25) is 5.02 Å². The summed E-state index contributed by atoms with van der Waals surface area (Å²) in [5, 5.41) is 3.80. The van der Waals surface area contributed by atoms with Crippen molar-refractivity contribution in [3.63, 3.8) is 0 Å². The molecule has 3 N–H and O–H groups in total. The first-order valence-electron chi connectivity index (χ1n) is 5.46. The van der Waals surface area contributed by atoms with Gasteiger partial charge in [-0.1, -0.05) is 24.6 Å². The fourth-order valence-corrected chi connectivity index (χ4v) is 1.95. The number of hydrogen-bond donors (Lipinski definition) is 2. The second-order valence-corrected chi connectivity index (χ2v) is 5.25. The zero-order valence-electron chi connectivity index (χ0n) is 9.84. The molecule has 1 aromatic rings. The zero-order valence-corrected chi connectivity index (χ0v) is 12.2. The summed E-state index contributed by atoms with van der Waals surface area (Å²) in [7, 11) is 0. The van der Waals surface area contributed by atoms with Gasteiger partial charge in [-0.25, -0.2) is 0 Å². The van der Waals surface area contributed by atoms with E-state index in [-0.39, 0.29) is 11.9 Å².